The Bertz CT molecular complexity index is 378. The molecule has 82 valence electrons. The van der Waals surface area contributed by atoms with Gasteiger partial charge in [-0.1, -0.05) is 67.6 Å². The lowest BCUT2D eigenvalue weighted by Gasteiger charge is -2.20. The van der Waals surface area contributed by atoms with E-state index in [0.29, 0.717) is 5.92 Å². The smallest absolute Gasteiger partial charge is 0.0361 e. The highest BCUT2D eigenvalue weighted by atomic mass is 14.6. The van der Waals surface area contributed by atoms with Crippen LogP contribution in [-0.2, 0) is 0 Å². The average molecular weight is 211 g/mol. The molecule has 0 aromatic heterocycles. The van der Waals surface area contributed by atoms with Gasteiger partial charge in [0.15, 0.2) is 0 Å². The molecule has 2 rings (SSSR count). The largest absolute Gasteiger partial charge is 0.323 e. The van der Waals surface area contributed by atoms with E-state index in [1.807, 2.05) is 24.3 Å². The van der Waals surface area contributed by atoms with Gasteiger partial charge >= 0.3 is 0 Å². The third-order valence-electron chi connectivity index (χ3n) is 3.05. The Morgan fingerprint density at radius 3 is 1.69 bits per heavy atom. The molecule has 0 aliphatic carbocycles. The van der Waals surface area contributed by atoms with Crippen molar-refractivity contribution in [3.8, 4) is 0 Å². The highest BCUT2D eigenvalue weighted by Crippen LogP contribution is 2.27. The molecule has 0 spiro atoms. The third-order valence-corrected chi connectivity index (χ3v) is 3.05. The van der Waals surface area contributed by atoms with Gasteiger partial charge in [0.2, 0.25) is 0 Å². The van der Waals surface area contributed by atoms with Crippen molar-refractivity contribution in [3.63, 3.8) is 0 Å². The van der Waals surface area contributed by atoms with Gasteiger partial charge in [0.1, 0.15) is 0 Å². The Kier molecular flexibility index (Phi) is 3.37. The maximum Gasteiger partial charge on any atom is 0.0361 e. The van der Waals surface area contributed by atoms with Crippen LogP contribution < -0.4 is 5.73 Å². The molecule has 16 heavy (non-hydrogen) atoms. The molecule has 2 atom stereocenters. The van der Waals surface area contributed by atoms with Crippen molar-refractivity contribution in [1.82, 2.24) is 0 Å². The van der Waals surface area contributed by atoms with Gasteiger partial charge in [-0.05, 0) is 11.1 Å². The van der Waals surface area contributed by atoms with Gasteiger partial charge in [0.25, 0.3) is 0 Å². The van der Waals surface area contributed by atoms with E-state index in [1.165, 1.54) is 11.1 Å². The summed E-state index contributed by atoms with van der Waals surface area (Å²) in [5.41, 5.74) is 8.75. The van der Waals surface area contributed by atoms with E-state index in [2.05, 4.69) is 43.3 Å². The fraction of sp³-hybridized carbons (Fsp3) is 0.200. The van der Waals surface area contributed by atoms with Crippen molar-refractivity contribution in [3.05, 3.63) is 71.8 Å². The van der Waals surface area contributed by atoms with Crippen molar-refractivity contribution < 1.29 is 0 Å². The Balaban J connectivity index is 2.20. The minimum absolute atomic E-state index is 0.0589. The second kappa shape index (κ2) is 4.95. The summed E-state index contributed by atoms with van der Waals surface area (Å²) in [6, 6.07) is 20.7. The molecule has 0 heterocycles. The molecule has 0 saturated heterocycles. The van der Waals surface area contributed by atoms with Crippen molar-refractivity contribution in [1.29, 1.82) is 0 Å². The maximum atomic E-state index is 6.27. The molecule has 0 unspecified atom stereocenters. The maximum absolute atomic E-state index is 6.27. The summed E-state index contributed by atoms with van der Waals surface area (Å²) in [7, 11) is 0. The van der Waals surface area contributed by atoms with Crippen molar-refractivity contribution in [2.75, 3.05) is 0 Å². The van der Waals surface area contributed by atoms with Crippen molar-refractivity contribution >= 4 is 0 Å². The number of nitrogens with two attached hydrogens (primary N) is 1. The summed E-state index contributed by atoms with van der Waals surface area (Å²) in [5, 5.41) is 0. The van der Waals surface area contributed by atoms with Crippen LogP contribution in [0.3, 0.4) is 0 Å². The lowest BCUT2D eigenvalue weighted by atomic mass is 9.89. The number of hydrogen-bond donors (Lipinski definition) is 1. The Morgan fingerprint density at radius 1 is 0.750 bits per heavy atom. The highest BCUT2D eigenvalue weighted by molar-refractivity contribution is 5.26. The van der Waals surface area contributed by atoms with E-state index < -0.39 is 0 Å². The van der Waals surface area contributed by atoms with Crippen LogP contribution in [0.5, 0.6) is 0 Å². The third kappa shape index (κ3) is 2.31. The second-order valence-electron chi connectivity index (χ2n) is 4.14. The van der Waals surface area contributed by atoms with Crippen LogP contribution in [0.2, 0.25) is 0 Å². The Morgan fingerprint density at radius 2 is 1.19 bits per heavy atom. The molecule has 0 aliphatic heterocycles. The minimum atomic E-state index is 0.0589. The fourth-order valence-electron chi connectivity index (χ4n) is 1.93. The number of benzene rings is 2. The van der Waals surface area contributed by atoms with Crippen LogP contribution in [0.15, 0.2) is 60.7 Å². The molecule has 2 aromatic carbocycles. The van der Waals surface area contributed by atoms with E-state index in [1.54, 1.807) is 0 Å². The predicted octanol–water partition coefficient (Wildman–Crippen LogP) is 3.49. The van der Waals surface area contributed by atoms with Gasteiger partial charge in [0, 0.05) is 12.0 Å². The first kappa shape index (κ1) is 10.9. The summed E-state index contributed by atoms with van der Waals surface area (Å²) >= 11 is 0. The van der Waals surface area contributed by atoms with E-state index >= 15 is 0 Å². The van der Waals surface area contributed by atoms with Gasteiger partial charge in [-0.2, -0.15) is 0 Å². The molecular weight excluding hydrogens is 194 g/mol. The molecule has 0 radical (unpaired) electrons. The minimum Gasteiger partial charge on any atom is -0.323 e. The standard InChI is InChI=1S/C15H17N/c1-12(13-8-4-2-5-9-13)15(16)14-10-6-3-7-11-14/h2-12,15H,16H2,1H3/t12-,15-/m1/s1. The summed E-state index contributed by atoms with van der Waals surface area (Å²) in [6.07, 6.45) is 0. The van der Waals surface area contributed by atoms with E-state index in [0.717, 1.165) is 0 Å². The van der Waals surface area contributed by atoms with Crippen LogP contribution in [0, 0.1) is 0 Å². The topological polar surface area (TPSA) is 26.0 Å². The fourth-order valence-corrected chi connectivity index (χ4v) is 1.93. The predicted molar refractivity (Wildman–Crippen MR) is 68.2 cm³/mol. The quantitative estimate of drug-likeness (QED) is 0.826. The number of rotatable bonds is 3. The Labute approximate surface area is 96.9 Å². The molecule has 2 N–H and O–H groups in total. The zero-order chi connectivity index (χ0) is 11.4. The van der Waals surface area contributed by atoms with Crippen LogP contribution in [-0.4, -0.2) is 0 Å². The molecule has 1 heteroatoms. The first-order chi connectivity index (χ1) is 7.79. The lowest BCUT2D eigenvalue weighted by Crippen LogP contribution is -2.17. The van der Waals surface area contributed by atoms with Gasteiger partial charge in [-0.15, -0.1) is 0 Å². The zero-order valence-electron chi connectivity index (χ0n) is 9.51. The van der Waals surface area contributed by atoms with Gasteiger partial charge < -0.3 is 5.73 Å². The molecule has 0 amide bonds. The van der Waals surface area contributed by atoms with E-state index in [4.69, 9.17) is 5.73 Å². The van der Waals surface area contributed by atoms with Gasteiger partial charge in [-0.25, -0.2) is 0 Å². The molecule has 2 aromatic rings. The summed E-state index contributed by atoms with van der Waals surface area (Å²) in [6.45, 7) is 2.17. The van der Waals surface area contributed by atoms with Crippen LogP contribution >= 0.6 is 0 Å². The normalized spacial score (nSPS) is 14.4. The zero-order valence-corrected chi connectivity index (χ0v) is 9.51. The molecule has 0 bridgehead atoms. The van der Waals surface area contributed by atoms with Crippen LogP contribution in [0.4, 0.5) is 0 Å². The summed E-state index contributed by atoms with van der Waals surface area (Å²) in [5.74, 6) is 0.337. The van der Waals surface area contributed by atoms with Crippen molar-refractivity contribution in [2.24, 2.45) is 5.73 Å². The molecule has 1 nitrogen and oxygen atoms in total. The monoisotopic (exact) mass is 211 g/mol. The van der Waals surface area contributed by atoms with E-state index in [-0.39, 0.29) is 6.04 Å². The first-order valence-corrected chi connectivity index (χ1v) is 5.64. The van der Waals surface area contributed by atoms with Gasteiger partial charge in [0.05, 0.1) is 0 Å². The van der Waals surface area contributed by atoms with Crippen LogP contribution in [0.25, 0.3) is 0 Å². The lowest BCUT2D eigenvalue weighted by molar-refractivity contribution is 0.598. The molecule has 0 saturated carbocycles. The van der Waals surface area contributed by atoms with Crippen molar-refractivity contribution in [2.45, 2.75) is 18.9 Å². The SMILES string of the molecule is C[C@H](c1ccccc1)[C@@H](N)c1ccccc1. The van der Waals surface area contributed by atoms with Gasteiger partial charge in [-0.3, -0.25) is 0 Å². The van der Waals surface area contributed by atoms with Crippen LogP contribution in [0.1, 0.15) is 30.0 Å². The Hall–Kier alpha value is -1.60. The molecular formula is C15H17N. The summed E-state index contributed by atoms with van der Waals surface area (Å²) < 4.78 is 0. The first-order valence-electron chi connectivity index (χ1n) is 5.64. The van der Waals surface area contributed by atoms with E-state index in [9.17, 15) is 0 Å². The number of hydrogen-bond acceptors (Lipinski definition) is 1. The highest BCUT2D eigenvalue weighted by Gasteiger charge is 2.15. The molecule has 0 aliphatic rings. The molecule has 0 fully saturated rings. The average Bonchev–Trinajstić information content (AvgIpc) is 2.39. The second-order valence-corrected chi connectivity index (χ2v) is 4.14. The summed E-state index contributed by atoms with van der Waals surface area (Å²) in [4.78, 5) is 0.